The van der Waals surface area contributed by atoms with Crippen LogP contribution in [0.1, 0.15) is 5.56 Å². The molecule has 0 aliphatic heterocycles. The largest absolute Gasteiger partial charge is 0.264 e. The normalized spacial score (nSPS) is 11.0. The third kappa shape index (κ3) is 3.78. The van der Waals surface area contributed by atoms with Crippen LogP contribution in [0.2, 0.25) is 10.2 Å². The van der Waals surface area contributed by atoms with E-state index in [0.717, 1.165) is 0 Å². The van der Waals surface area contributed by atoms with Crippen LogP contribution < -0.4 is 4.72 Å². The van der Waals surface area contributed by atoms with Crippen molar-refractivity contribution in [3.05, 3.63) is 70.3 Å². The van der Waals surface area contributed by atoms with Crippen LogP contribution in [0, 0.1) is 11.3 Å². The molecule has 3 rings (SSSR count). The molecule has 1 aromatic heterocycles. The molecular formula is C17H10Cl2N4O2S. The second kappa shape index (κ2) is 7.30. The Labute approximate surface area is 160 Å². The number of anilines is 1. The number of nitrogens with zero attached hydrogens (tertiary/aromatic N) is 3. The zero-order valence-corrected chi connectivity index (χ0v) is 15.3. The molecule has 0 amide bonds. The molecule has 0 saturated heterocycles. The van der Waals surface area contributed by atoms with Crippen molar-refractivity contribution >= 4 is 39.2 Å². The lowest BCUT2D eigenvalue weighted by Gasteiger charge is -2.10. The van der Waals surface area contributed by atoms with E-state index in [9.17, 15) is 13.7 Å². The summed E-state index contributed by atoms with van der Waals surface area (Å²) in [4.78, 5) is 8.09. The summed E-state index contributed by atoms with van der Waals surface area (Å²) in [5, 5.41) is 9.69. The molecule has 130 valence electrons. The zero-order chi connectivity index (χ0) is 18.7. The highest BCUT2D eigenvalue weighted by atomic mass is 35.5. The number of sulfonamides is 1. The maximum absolute atomic E-state index is 12.4. The highest BCUT2D eigenvalue weighted by Gasteiger charge is 2.19. The number of rotatable bonds is 4. The number of hydrogen-bond donors (Lipinski definition) is 1. The first-order valence-electron chi connectivity index (χ1n) is 7.22. The van der Waals surface area contributed by atoms with Crippen molar-refractivity contribution in [1.82, 2.24) is 9.97 Å². The first-order chi connectivity index (χ1) is 12.4. The third-order valence-electron chi connectivity index (χ3n) is 3.37. The Morgan fingerprint density at radius 1 is 0.962 bits per heavy atom. The van der Waals surface area contributed by atoms with Crippen molar-refractivity contribution in [3.63, 3.8) is 0 Å². The fraction of sp³-hybridized carbons (Fsp3) is 0. The second-order valence-corrected chi connectivity index (χ2v) is 7.58. The number of nitrogens with one attached hydrogen (secondary N) is 1. The predicted molar refractivity (Wildman–Crippen MR) is 99.5 cm³/mol. The summed E-state index contributed by atoms with van der Waals surface area (Å²) in [6.45, 7) is 0. The summed E-state index contributed by atoms with van der Waals surface area (Å²) < 4.78 is 27.2. The molecule has 0 saturated carbocycles. The van der Waals surface area contributed by atoms with Crippen molar-refractivity contribution in [1.29, 1.82) is 5.26 Å². The fourth-order valence-corrected chi connectivity index (χ4v) is 3.48. The summed E-state index contributed by atoms with van der Waals surface area (Å²) >= 11 is 11.9. The molecular weight excluding hydrogens is 395 g/mol. The molecule has 0 unspecified atom stereocenters. The highest BCUT2D eigenvalue weighted by Crippen LogP contribution is 2.28. The molecule has 0 radical (unpaired) electrons. The van der Waals surface area contributed by atoms with Gasteiger partial charge in [0.25, 0.3) is 10.0 Å². The van der Waals surface area contributed by atoms with Gasteiger partial charge in [0, 0.05) is 10.6 Å². The average Bonchev–Trinajstić information content (AvgIpc) is 2.62. The minimum absolute atomic E-state index is 0.0386. The monoisotopic (exact) mass is 404 g/mol. The van der Waals surface area contributed by atoms with Gasteiger partial charge >= 0.3 is 0 Å². The quantitative estimate of drug-likeness (QED) is 0.659. The smallest absolute Gasteiger partial charge is 0.247 e. The lowest BCUT2D eigenvalue weighted by molar-refractivity contribution is 0.601. The molecule has 26 heavy (non-hydrogen) atoms. The van der Waals surface area contributed by atoms with E-state index in [1.165, 1.54) is 12.1 Å². The van der Waals surface area contributed by atoms with Crippen LogP contribution in [0.15, 0.2) is 59.5 Å². The van der Waals surface area contributed by atoms with Gasteiger partial charge in [0.05, 0.1) is 10.6 Å². The first-order valence-corrected chi connectivity index (χ1v) is 9.46. The van der Waals surface area contributed by atoms with Crippen molar-refractivity contribution in [2.24, 2.45) is 0 Å². The topological polar surface area (TPSA) is 95.7 Å². The van der Waals surface area contributed by atoms with E-state index in [2.05, 4.69) is 14.7 Å². The van der Waals surface area contributed by atoms with Crippen LogP contribution in [0.3, 0.4) is 0 Å². The van der Waals surface area contributed by atoms with Crippen LogP contribution in [0.25, 0.3) is 11.3 Å². The van der Waals surface area contributed by atoms with Crippen molar-refractivity contribution < 1.29 is 8.42 Å². The molecule has 6 nitrogen and oxygen atoms in total. The number of nitriles is 1. The van der Waals surface area contributed by atoms with Crippen molar-refractivity contribution in [2.75, 3.05) is 4.72 Å². The summed E-state index contributed by atoms with van der Waals surface area (Å²) in [5.74, 6) is -0.234. The molecule has 0 fully saturated rings. The summed E-state index contributed by atoms with van der Waals surface area (Å²) in [5.41, 5.74) is 0.794. The van der Waals surface area contributed by atoms with E-state index in [4.69, 9.17) is 23.2 Å². The number of aromatic nitrogens is 2. The average molecular weight is 405 g/mol. The maximum atomic E-state index is 12.4. The van der Waals surface area contributed by atoms with Crippen LogP contribution in [-0.4, -0.2) is 18.4 Å². The van der Waals surface area contributed by atoms with Crippen LogP contribution >= 0.6 is 23.2 Å². The zero-order valence-electron chi connectivity index (χ0n) is 13.0. The SMILES string of the molecule is N#Cc1c(Cl)nc(NS(=O)(=O)c2ccccc2)nc1-c1ccc(Cl)cc1. The molecule has 9 heteroatoms. The first kappa shape index (κ1) is 18.1. The summed E-state index contributed by atoms with van der Waals surface area (Å²) in [7, 11) is -3.89. The second-order valence-electron chi connectivity index (χ2n) is 5.10. The van der Waals surface area contributed by atoms with Gasteiger partial charge in [-0.1, -0.05) is 53.5 Å². The van der Waals surface area contributed by atoms with Gasteiger partial charge in [0.15, 0.2) is 5.15 Å². The molecule has 1 N–H and O–H groups in total. The predicted octanol–water partition coefficient (Wildman–Crippen LogP) is 4.12. The number of benzene rings is 2. The van der Waals surface area contributed by atoms with Gasteiger partial charge in [-0.3, -0.25) is 0 Å². The number of halogens is 2. The third-order valence-corrected chi connectivity index (χ3v) is 5.24. The van der Waals surface area contributed by atoms with Gasteiger partial charge in [-0.15, -0.1) is 0 Å². The van der Waals surface area contributed by atoms with Crippen LogP contribution in [-0.2, 0) is 10.0 Å². The van der Waals surface area contributed by atoms with Gasteiger partial charge in [-0.25, -0.2) is 18.1 Å². The molecule has 0 atom stereocenters. The minimum atomic E-state index is -3.89. The Hall–Kier alpha value is -2.66. The Morgan fingerprint density at radius 3 is 2.23 bits per heavy atom. The lowest BCUT2D eigenvalue weighted by atomic mass is 10.1. The van der Waals surface area contributed by atoms with Crippen molar-refractivity contribution in [3.8, 4) is 17.3 Å². The van der Waals surface area contributed by atoms with E-state index in [1.54, 1.807) is 42.5 Å². The number of hydrogen-bond acceptors (Lipinski definition) is 5. The van der Waals surface area contributed by atoms with E-state index in [0.29, 0.717) is 10.6 Å². The molecule has 2 aromatic carbocycles. The highest BCUT2D eigenvalue weighted by molar-refractivity contribution is 7.92. The van der Waals surface area contributed by atoms with Gasteiger partial charge in [-0.2, -0.15) is 10.2 Å². The maximum Gasteiger partial charge on any atom is 0.264 e. The molecule has 3 aromatic rings. The van der Waals surface area contributed by atoms with Crippen LogP contribution in [0.4, 0.5) is 5.95 Å². The molecule has 0 bridgehead atoms. The minimum Gasteiger partial charge on any atom is -0.247 e. The Balaban J connectivity index is 2.07. The van der Waals surface area contributed by atoms with E-state index < -0.39 is 10.0 Å². The van der Waals surface area contributed by atoms with E-state index >= 15 is 0 Å². The van der Waals surface area contributed by atoms with Gasteiger partial charge in [0.2, 0.25) is 5.95 Å². The molecule has 1 heterocycles. The molecule has 0 aliphatic carbocycles. The Morgan fingerprint density at radius 2 is 1.62 bits per heavy atom. The molecule has 0 spiro atoms. The summed E-state index contributed by atoms with van der Waals surface area (Å²) in [6.07, 6.45) is 0. The lowest BCUT2D eigenvalue weighted by Crippen LogP contribution is -2.15. The Bertz CT molecular complexity index is 1100. The van der Waals surface area contributed by atoms with Gasteiger partial charge < -0.3 is 0 Å². The van der Waals surface area contributed by atoms with Crippen LogP contribution in [0.5, 0.6) is 0 Å². The van der Waals surface area contributed by atoms with Crippen molar-refractivity contribution in [2.45, 2.75) is 4.90 Å². The molecule has 0 aliphatic rings. The van der Waals surface area contributed by atoms with Gasteiger partial charge in [-0.05, 0) is 24.3 Å². The standard InChI is InChI=1S/C17H10Cl2N4O2S/c18-12-8-6-11(7-9-12)15-14(10-20)16(19)22-17(21-15)23-26(24,25)13-4-2-1-3-5-13/h1-9H,(H,21,22,23). The fourth-order valence-electron chi connectivity index (χ4n) is 2.17. The summed E-state index contributed by atoms with van der Waals surface area (Å²) in [6, 6.07) is 16.3. The van der Waals surface area contributed by atoms with Gasteiger partial charge in [0.1, 0.15) is 11.6 Å². The Kier molecular flexibility index (Phi) is 5.09. The van der Waals surface area contributed by atoms with E-state index in [-0.39, 0.29) is 27.3 Å². The van der Waals surface area contributed by atoms with E-state index in [1.807, 2.05) is 6.07 Å².